The average Bonchev–Trinajstić information content (AvgIpc) is 3.14. The van der Waals surface area contributed by atoms with Crippen LogP contribution in [0.1, 0.15) is 30.9 Å². The van der Waals surface area contributed by atoms with Gasteiger partial charge in [0.25, 0.3) is 0 Å². The number of rotatable bonds is 4. The lowest BCUT2D eigenvalue weighted by molar-refractivity contribution is 0.226. The van der Waals surface area contributed by atoms with Crippen LogP contribution >= 0.6 is 11.6 Å². The number of nitriles is 1. The molecule has 1 fully saturated rings. The normalized spacial score (nSPS) is 16.9. The SMILES string of the molecule is CC(C1CC1)N(C)Cc1ccc(C#N)cc1Cl. The van der Waals surface area contributed by atoms with Crippen LogP contribution in [0.3, 0.4) is 0 Å². The highest BCUT2D eigenvalue weighted by Crippen LogP contribution is 2.35. The fraction of sp³-hybridized carbons (Fsp3) is 0.500. The topological polar surface area (TPSA) is 27.0 Å². The van der Waals surface area contributed by atoms with Crippen molar-refractivity contribution in [2.24, 2.45) is 5.92 Å². The zero-order chi connectivity index (χ0) is 12.4. The maximum Gasteiger partial charge on any atom is 0.0992 e. The van der Waals surface area contributed by atoms with Crippen LogP contribution in [0.25, 0.3) is 0 Å². The molecule has 0 radical (unpaired) electrons. The van der Waals surface area contributed by atoms with Crippen molar-refractivity contribution in [2.75, 3.05) is 7.05 Å². The predicted octanol–water partition coefficient (Wildman–Crippen LogP) is 3.44. The lowest BCUT2D eigenvalue weighted by Gasteiger charge is -2.25. The Labute approximate surface area is 108 Å². The molecule has 0 bridgehead atoms. The van der Waals surface area contributed by atoms with Gasteiger partial charge in [0.15, 0.2) is 0 Å². The van der Waals surface area contributed by atoms with Crippen LogP contribution in [0, 0.1) is 17.2 Å². The molecule has 3 heteroatoms. The monoisotopic (exact) mass is 248 g/mol. The lowest BCUT2D eigenvalue weighted by Crippen LogP contribution is -2.30. The molecular weight excluding hydrogens is 232 g/mol. The van der Waals surface area contributed by atoms with Gasteiger partial charge in [0.05, 0.1) is 11.6 Å². The highest BCUT2D eigenvalue weighted by Gasteiger charge is 2.30. The van der Waals surface area contributed by atoms with E-state index in [2.05, 4.69) is 24.9 Å². The molecular formula is C14H17ClN2. The molecule has 1 aliphatic carbocycles. The molecule has 1 saturated carbocycles. The van der Waals surface area contributed by atoms with Crippen LogP contribution in [0.15, 0.2) is 18.2 Å². The maximum absolute atomic E-state index is 8.79. The third kappa shape index (κ3) is 3.00. The van der Waals surface area contributed by atoms with Gasteiger partial charge in [0.1, 0.15) is 0 Å². The van der Waals surface area contributed by atoms with Crippen molar-refractivity contribution in [3.63, 3.8) is 0 Å². The second-order valence-electron chi connectivity index (χ2n) is 4.91. The molecule has 0 aliphatic heterocycles. The first-order valence-electron chi connectivity index (χ1n) is 6.00. The summed E-state index contributed by atoms with van der Waals surface area (Å²) in [5.41, 5.74) is 1.72. The first-order valence-corrected chi connectivity index (χ1v) is 6.38. The Morgan fingerprint density at radius 1 is 1.53 bits per heavy atom. The summed E-state index contributed by atoms with van der Waals surface area (Å²) >= 11 is 6.17. The molecule has 0 N–H and O–H groups in total. The molecule has 0 heterocycles. The van der Waals surface area contributed by atoms with E-state index < -0.39 is 0 Å². The van der Waals surface area contributed by atoms with E-state index in [4.69, 9.17) is 16.9 Å². The minimum atomic E-state index is 0.613. The quantitative estimate of drug-likeness (QED) is 0.816. The van der Waals surface area contributed by atoms with Crippen molar-refractivity contribution in [2.45, 2.75) is 32.4 Å². The van der Waals surface area contributed by atoms with E-state index >= 15 is 0 Å². The molecule has 1 aromatic carbocycles. The van der Waals surface area contributed by atoms with Gasteiger partial charge < -0.3 is 0 Å². The Balaban J connectivity index is 2.05. The highest BCUT2D eigenvalue weighted by molar-refractivity contribution is 6.31. The van der Waals surface area contributed by atoms with E-state index in [0.29, 0.717) is 16.6 Å². The van der Waals surface area contributed by atoms with Crippen LogP contribution in [0.4, 0.5) is 0 Å². The van der Waals surface area contributed by atoms with Gasteiger partial charge in [-0.2, -0.15) is 5.26 Å². The number of nitrogens with zero attached hydrogens (tertiary/aromatic N) is 2. The molecule has 1 unspecified atom stereocenters. The Morgan fingerprint density at radius 3 is 2.76 bits per heavy atom. The summed E-state index contributed by atoms with van der Waals surface area (Å²) in [6.07, 6.45) is 2.71. The van der Waals surface area contributed by atoms with Gasteiger partial charge in [-0.3, -0.25) is 4.90 Å². The van der Waals surface area contributed by atoms with Crippen LogP contribution in [-0.4, -0.2) is 18.0 Å². The van der Waals surface area contributed by atoms with Crippen LogP contribution in [-0.2, 0) is 6.54 Å². The molecule has 2 nitrogen and oxygen atoms in total. The van der Waals surface area contributed by atoms with E-state index in [1.807, 2.05) is 12.1 Å². The van der Waals surface area contributed by atoms with Gasteiger partial charge in [-0.25, -0.2) is 0 Å². The summed E-state index contributed by atoms with van der Waals surface area (Å²) in [6.45, 7) is 3.12. The number of hydrogen-bond donors (Lipinski definition) is 0. The second kappa shape index (κ2) is 5.08. The summed E-state index contributed by atoms with van der Waals surface area (Å²) in [4.78, 5) is 2.34. The van der Waals surface area contributed by atoms with Crippen LogP contribution < -0.4 is 0 Å². The average molecular weight is 249 g/mol. The molecule has 1 atom stereocenters. The zero-order valence-electron chi connectivity index (χ0n) is 10.3. The second-order valence-corrected chi connectivity index (χ2v) is 5.32. The van der Waals surface area contributed by atoms with Gasteiger partial charge in [-0.15, -0.1) is 0 Å². The number of hydrogen-bond acceptors (Lipinski definition) is 2. The molecule has 17 heavy (non-hydrogen) atoms. The summed E-state index contributed by atoms with van der Waals surface area (Å²) in [6, 6.07) is 8.24. The van der Waals surface area contributed by atoms with Crippen LogP contribution in [0.2, 0.25) is 5.02 Å². The fourth-order valence-corrected chi connectivity index (χ4v) is 2.34. The molecule has 0 saturated heterocycles. The third-order valence-electron chi connectivity index (χ3n) is 3.60. The molecule has 0 aromatic heterocycles. The Bertz CT molecular complexity index is 446. The van der Waals surface area contributed by atoms with Crippen molar-refractivity contribution < 1.29 is 0 Å². The van der Waals surface area contributed by atoms with Crippen molar-refractivity contribution >= 4 is 11.6 Å². The molecule has 90 valence electrons. The van der Waals surface area contributed by atoms with Gasteiger partial charge in [-0.05, 0) is 50.4 Å². The fourth-order valence-electron chi connectivity index (χ4n) is 2.10. The summed E-state index contributed by atoms with van der Waals surface area (Å²) in [5.74, 6) is 0.858. The highest BCUT2D eigenvalue weighted by atomic mass is 35.5. The van der Waals surface area contributed by atoms with Crippen LogP contribution in [0.5, 0.6) is 0 Å². The van der Waals surface area contributed by atoms with E-state index in [9.17, 15) is 0 Å². The number of benzene rings is 1. The predicted molar refractivity (Wildman–Crippen MR) is 69.8 cm³/mol. The largest absolute Gasteiger partial charge is 0.299 e. The molecule has 2 rings (SSSR count). The molecule has 1 aromatic rings. The number of halogens is 1. The molecule has 0 spiro atoms. The smallest absolute Gasteiger partial charge is 0.0992 e. The first-order chi connectivity index (χ1) is 8.11. The summed E-state index contributed by atoms with van der Waals surface area (Å²) < 4.78 is 0. The maximum atomic E-state index is 8.79. The van der Waals surface area contributed by atoms with E-state index in [1.54, 1.807) is 6.07 Å². The van der Waals surface area contributed by atoms with Gasteiger partial charge in [0, 0.05) is 17.6 Å². The lowest BCUT2D eigenvalue weighted by atomic mass is 10.1. The minimum Gasteiger partial charge on any atom is -0.299 e. The molecule has 1 aliphatic rings. The van der Waals surface area contributed by atoms with Gasteiger partial charge in [-0.1, -0.05) is 17.7 Å². The standard InChI is InChI=1S/C14H17ClN2/c1-10(12-5-6-12)17(2)9-13-4-3-11(8-16)7-14(13)15/h3-4,7,10,12H,5-6,9H2,1-2H3. The van der Waals surface area contributed by atoms with Crippen molar-refractivity contribution in [1.29, 1.82) is 5.26 Å². The van der Waals surface area contributed by atoms with Gasteiger partial charge >= 0.3 is 0 Å². The summed E-state index contributed by atoms with van der Waals surface area (Å²) in [7, 11) is 2.14. The van der Waals surface area contributed by atoms with E-state index in [1.165, 1.54) is 12.8 Å². The Hall–Kier alpha value is -1.04. The minimum absolute atomic E-state index is 0.613. The van der Waals surface area contributed by atoms with E-state index in [-0.39, 0.29) is 0 Å². The molecule has 0 amide bonds. The zero-order valence-corrected chi connectivity index (χ0v) is 11.0. The van der Waals surface area contributed by atoms with Crippen molar-refractivity contribution in [3.05, 3.63) is 34.3 Å². The summed E-state index contributed by atoms with van der Waals surface area (Å²) in [5, 5.41) is 9.48. The Morgan fingerprint density at radius 2 is 2.24 bits per heavy atom. The van der Waals surface area contributed by atoms with Crippen molar-refractivity contribution in [3.8, 4) is 6.07 Å². The van der Waals surface area contributed by atoms with E-state index in [0.717, 1.165) is 18.0 Å². The first kappa shape index (κ1) is 12.4. The van der Waals surface area contributed by atoms with Crippen molar-refractivity contribution in [1.82, 2.24) is 4.90 Å². The van der Waals surface area contributed by atoms with Gasteiger partial charge in [0.2, 0.25) is 0 Å². The Kier molecular flexibility index (Phi) is 3.71. The third-order valence-corrected chi connectivity index (χ3v) is 3.95.